The van der Waals surface area contributed by atoms with Crippen molar-refractivity contribution in [1.82, 2.24) is 4.90 Å². The van der Waals surface area contributed by atoms with Crippen molar-refractivity contribution < 1.29 is 0 Å². The summed E-state index contributed by atoms with van der Waals surface area (Å²) in [5.74, 6) is 2.50. The Balaban J connectivity index is 2.05. The molecule has 0 aromatic rings. The van der Waals surface area contributed by atoms with Crippen molar-refractivity contribution in [2.75, 3.05) is 25.1 Å². The zero-order valence-electron chi connectivity index (χ0n) is 11.7. The van der Waals surface area contributed by atoms with Gasteiger partial charge in [-0.1, -0.05) is 45.4 Å². The van der Waals surface area contributed by atoms with E-state index in [1.165, 1.54) is 63.0 Å². The third-order valence-corrected chi connectivity index (χ3v) is 4.88. The summed E-state index contributed by atoms with van der Waals surface area (Å²) in [5, 5.41) is 0. The number of rotatable bonds is 8. The number of nitrogens with two attached hydrogens (primary N) is 1. The Kier molecular flexibility index (Phi) is 8.33. The van der Waals surface area contributed by atoms with E-state index in [4.69, 9.17) is 5.73 Å². The Bertz CT molecular complexity index is 187. The molecule has 0 saturated carbocycles. The maximum absolute atomic E-state index is 6.32. The molecular formula is C14H30N2S. The highest BCUT2D eigenvalue weighted by atomic mass is 32.2. The molecule has 0 radical (unpaired) electrons. The molecule has 0 aliphatic carbocycles. The molecule has 0 amide bonds. The summed E-state index contributed by atoms with van der Waals surface area (Å²) in [6.07, 6.45) is 9.44. The van der Waals surface area contributed by atoms with Crippen molar-refractivity contribution in [3.8, 4) is 0 Å². The first kappa shape index (κ1) is 15.3. The molecular weight excluding hydrogens is 228 g/mol. The van der Waals surface area contributed by atoms with Gasteiger partial charge < -0.3 is 10.6 Å². The Hall–Kier alpha value is 0.270. The summed E-state index contributed by atoms with van der Waals surface area (Å²) in [7, 11) is 2.23. The van der Waals surface area contributed by atoms with Gasteiger partial charge in [-0.3, -0.25) is 0 Å². The van der Waals surface area contributed by atoms with Gasteiger partial charge in [-0.2, -0.15) is 11.8 Å². The molecule has 0 aromatic carbocycles. The lowest BCUT2D eigenvalue weighted by atomic mass is 10.0. The normalized spacial score (nSPS) is 23.8. The van der Waals surface area contributed by atoms with E-state index in [1.807, 2.05) is 0 Å². The van der Waals surface area contributed by atoms with Gasteiger partial charge in [-0.25, -0.2) is 0 Å². The molecule has 1 aliphatic heterocycles. The Morgan fingerprint density at radius 2 is 1.94 bits per heavy atom. The second-order valence-corrected chi connectivity index (χ2v) is 6.49. The summed E-state index contributed by atoms with van der Waals surface area (Å²) in [5.41, 5.74) is 6.32. The molecule has 1 aliphatic rings. The number of nitrogens with zero attached hydrogens (tertiary/aromatic N) is 1. The fraction of sp³-hybridized carbons (Fsp3) is 1.00. The second-order valence-electron chi connectivity index (χ2n) is 5.34. The first-order valence-electron chi connectivity index (χ1n) is 7.29. The van der Waals surface area contributed by atoms with E-state index in [0.29, 0.717) is 12.1 Å². The molecule has 17 heavy (non-hydrogen) atoms. The van der Waals surface area contributed by atoms with Crippen LogP contribution in [0.15, 0.2) is 0 Å². The van der Waals surface area contributed by atoms with Crippen molar-refractivity contribution in [1.29, 1.82) is 0 Å². The molecule has 0 aromatic heterocycles. The van der Waals surface area contributed by atoms with E-state index in [9.17, 15) is 0 Å². The van der Waals surface area contributed by atoms with E-state index in [0.717, 1.165) is 0 Å². The van der Waals surface area contributed by atoms with E-state index in [-0.39, 0.29) is 0 Å². The number of hydrogen-bond acceptors (Lipinski definition) is 3. The predicted molar refractivity (Wildman–Crippen MR) is 79.7 cm³/mol. The predicted octanol–water partition coefficient (Wildman–Crippen LogP) is 3.11. The topological polar surface area (TPSA) is 29.3 Å². The van der Waals surface area contributed by atoms with Gasteiger partial charge >= 0.3 is 0 Å². The van der Waals surface area contributed by atoms with Crippen LogP contribution in [0.3, 0.4) is 0 Å². The minimum atomic E-state index is 0.388. The first-order valence-corrected chi connectivity index (χ1v) is 8.44. The number of unbranched alkanes of at least 4 members (excludes halogenated alkanes) is 5. The summed E-state index contributed by atoms with van der Waals surface area (Å²) in [6.45, 7) is 3.48. The van der Waals surface area contributed by atoms with Gasteiger partial charge in [0.2, 0.25) is 0 Å². The summed E-state index contributed by atoms with van der Waals surface area (Å²) in [6, 6.07) is 1.00. The van der Waals surface area contributed by atoms with Crippen molar-refractivity contribution >= 4 is 11.8 Å². The monoisotopic (exact) mass is 258 g/mol. The van der Waals surface area contributed by atoms with Crippen molar-refractivity contribution in [3.05, 3.63) is 0 Å². The zero-order valence-corrected chi connectivity index (χ0v) is 12.5. The Morgan fingerprint density at radius 3 is 2.65 bits per heavy atom. The molecule has 1 saturated heterocycles. The number of hydrogen-bond donors (Lipinski definition) is 1. The number of thioether (sulfide) groups is 1. The van der Waals surface area contributed by atoms with Crippen LogP contribution in [-0.2, 0) is 0 Å². The molecule has 2 atom stereocenters. The second kappa shape index (κ2) is 9.23. The average molecular weight is 258 g/mol. The van der Waals surface area contributed by atoms with Gasteiger partial charge in [0.15, 0.2) is 0 Å². The zero-order chi connectivity index (χ0) is 12.5. The van der Waals surface area contributed by atoms with Crippen LogP contribution in [0.25, 0.3) is 0 Å². The molecule has 1 rings (SSSR count). The van der Waals surface area contributed by atoms with Gasteiger partial charge in [0.25, 0.3) is 0 Å². The minimum absolute atomic E-state index is 0.388. The quantitative estimate of drug-likeness (QED) is 0.678. The fourth-order valence-electron chi connectivity index (χ4n) is 2.51. The lowest BCUT2D eigenvalue weighted by Crippen LogP contribution is -2.50. The Morgan fingerprint density at radius 1 is 1.24 bits per heavy atom. The molecule has 3 heteroatoms. The van der Waals surface area contributed by atoms with Crippen LogP contribution in [0.4, 0.5) is 0 Å². The van der Waals surface area contributed by atoms with Gasteiger partial charge in [-0.05, 0) is 13.5 Å². The van der Waals surface area contributed by atoms with Crippen molar-refractivity contribution in [3.63, 3.8) is 0 Å². The highest BCUT2D eigenvalue weighted by Crippen LogP contribution is 2.19. The van der Waals surface area contributed by atoms with Crippen molar-refractivity contribution in [2.45, 2.75) is 64.0 Å². The molecule has 1 fully saturated rings. The standard InChI is InChI=1S/C14H30N2S/c1-3-4-5-6-7-8-9-13(15)14-12-17-11-10-16(14)2/h13-14H,3-12,15H2,1-2H3. The van der Waals surface area contributed by atoms with Gasteiger partial charge in [0.1, 0.15) is 0 Å². The summed E-state index contributed by atoms with van der Waals surface area (Å²) < 4.78 is 0. The maximum Gasteiger partial charge on any atom is 0.0335 e. The largest absolute Gasteiger partial charge is 0.326 e. The highest BCUT2D eigenvalue weighted by molar-refractivity contribution is 7.99. The third-order valence-electron chi connectivity index (χ3n) is 3.83. The molecule has 1 heterocycles. The van der Waals surface area contributed by atoms with E-state index in [1.54, 1.807) is 0 Å². The smallest absolute Gasteiger partial charge is 0.0335 e. The first-order chi connectivity index (χ1) is 8.25. The molecule has 2 nitrogen and oxygen atoms in total. The van der Waals surface area contributed by atoms with E-state index in [2.05, 4.69) is 30.6 Å². The van der Waals surface area contributed by atoms with Crippen LogP contribution in [0, 0.1) is 0 Å². The SMILES string of the molecule is CCCCCCCCC(N)C1CSCCN1C. The average Bonchev–Trinajstić information content (AvgIpc) is 2.34. The summed E-state index contributed by atoms with van der Waals surface area (Å²) >= 11 is 2.06. The van der Waals surface area contributed by atoms with Crippen LogP contribution < -0.4 is 5.73 Å². The molecule has 0 spiro atoms. The lowest BCUT2D eigenvalue weighted by molar-refractivity contribution is 0.228. The number of likely N-dealkylation sites (N-methyl/N-ethyl adjacent to an activating group) is 1. The van der Waals surface area contributed by atoms with Crippen LogP contribution in [0.2, 0.25) is 0 Å². The van der Waals surface area contributed by atoms with Gasteiger partial charge in [-0.15, -0.1) is 0 Å². The molecule has 0 bridgehead atoms. The maximum atomic E-state index is 6.32. The molecule has 2 N–H and O–H groups in total. The van der Waals surface area contributed by atoms with Crippen LogP contribution in [0.1, 0.15) is 51.9 Å². The highest BCUT2D eigenvalue weighted by Gasteiger charge is 2.24. The van der Waals surface area contributed by atoms with Crippen LogP contribution in [0.5, 0.6) is 0 Å². The van der Waals surface area contributed by atoms with Crippen LogP contribution >= 0.6 is 11.8 Å². The van der Waals surface area contributed by atoms with Crippen molar-refractivity contribution in [2.24, 2.45) is 5.73 Å². The van der Waals surface area contributed by atoms with Crippen LogP contribution in [-0.4, -0.2) is 42.1 Å². The third kappa shape index (κ3) is 6.12. The summed E-state index contributed by atoms with van der Waals surface area (Å²) in [4.78, 5) is 2.46. The fourth-order valence-corrected chi connectivity index (χ4v) is 3.84. The Labute approximate surface area is 112 Å². The van der Waals surface area contributed by atoms with E-state index < -0.39 is 0 Å². The lowest BCUT2D eigenvalue weighted by Gasteiger charge is -2.36. The molecule has 2 unspecified atom stereocenters. The molecule has 102 valence electrons. The van der Waals surface area contributed by atoms with Gasteiger partial charge in [0, 0.05) is 30.1 Å². The minimum Gasteiger partial charge on any atom is -0.326 e. The van der Waals surface area contributed by atoms with Gasteiger partial charge in [0.05, 0.1) is 0 Å². The van der Waals surface area contributed by atoms with E-state index >= 15 is 0 Å².